The zero-order valence-corrected chi connectivity index (χ0v) is 12.2. The van der Waals surface area contributed by atoms with Crippen molar-refractivity contribution in [1.29, 1.82) is 0 Å². The molecule has 0 saturated carbocycles. The summed E-state index contributed by atoms with van der Waals surface area (Å²) < 4.78 is 1.93. The molecule has 0 fully saturated rings. The fourth-order valence-corrected chi connectivity index (χ4v) is 2.32. The van der Waals surface area contributed by atoms with E-state index in [0.717, 1.165) is 28.4 Å². The molecule has 0 aliphatic heterocycles. The maximum Gasteiger partial charge on any atom is 0.160 e. The van der Waals surface area contributed by atoms with E-state index in [0.29, 0.717) is 17.4 Å². The van der Waals surface area contributed by atoms with E-state index in [9.17, 15) is 0 Å². The summed E-state index contributed by atoms with van der Waals surface area (Å²) in [7, 11) is 0. The number of hydrogen-bond acceptors (Lipinski definition) is 4. The second kappa shape index (κ2) is 5.34. The van der Waals surface area contributed by atoms with Crippen molar-refractivity contribution in [1.82, 2.24) is 24.5 Å². The molecule has 0 aliphatic rings. The molecule has 3 heterocycles. The number of rotatable bonds is 3. The minimum Gasteiger partial charge on any atom is -0.306 e. The number of pyridine rings is 1. The van der Waals surface area contributed by atoms with Crippen molar-refractivity contribution in [2.24, 2.45) is 0 Å². The lowest BCUT2D eigenvalue weighted by atomic mass is 10.4. The van der Waals surface area contributed by atoms with Crippen LogP contribution in [-0.2, 0) is 12.4 Å². The van der Waals surface area contributed by atoms with Crippen molar-refractivity contribution in [3.63, 3.8) is 0 Å². The standard InChI is InChI=1S/C13H11Cl2N5/c1-8-4-17-10(6-16-8)7-20-12(3-14)19-11-2-9(15)5-18-13(11)20/h2,4-6H,3,7H2,1H3. The van der Waals surface area contributed by atoms with E-state index >= 15 is 0 Å². The van der Waals surface area contributed by atoms with Crippen LogP contribution in [-0.4, -0.2) is 24.5 Å². The molecule has 0 N–H and O–H groups in total. The number of halogens is 2. The second-order valence-electron chi connectivity index (χ2n) is 4.39. The van der Waals surface area contributed by atoms with E-state index in [4.69, 9.17) is 23.2 Å². The molecule has 0 radical (unpaired) electrons. The first-order valence-electron chi connectivity index (χ1n) is 6.01. The Hall–Kier alpha value is -1.72. The van der Waals surface area contributed by atoms with Gasteiger partial charge in [-0.3, -0.25) is 9.97 Å². The molecule has 0 aromatic carbocycles. The van der Waals surface area contributed by atoms with Gasteiger partial charge in [-0.25, -0.2) is 9.97 Å². The Balaban J connectivity index is 2.07. The molecular weight excluding hydrogens is 297 g/mol. The number of alkyl halides is 1. The zero-order chi connectivity index (χ0) is 14.1. The number of nitrogens with zero attached hydrogens (tertiary/aromatic N) is 5. The van der Waals surface area contributed by atoms with Gasteiger partial charge in [0.1, 0.15) is 11.3 Å². The first-order chi connectivity index (χ1) is 9.67. The van der Waals surface area contributed by atoms with Crippen LogP contribution in [0.1, 0.15) is 17.2 Å². The van der Waals surface area contributed by atoms with Crippen LogP contribution in [0.25, 0.3) is 11.2 Å². The third-order valence-electron chi connectivity index (χ3n) is 2.90. The van der Waals surface area contributed by atoms with Gasteiger partial charge >= 0.3 is 0 Å². The smallest absolute Gasteiger partial charge is 0.160 e. The van der Waals surface area contributed by atoms with Crippen LogP contribution in [0.4, 0.5) is 0 Å². The van der Waals surface area contributed by atoms with Crippen LogP contribution in [0.5, 0.6) is 0 Å². The molecule has 102 valence electrons. The van der Waals surface area contributed by atoms with E-state index in [1.54, 1.807) is 24.7 Å². The average Bonchev–Trinajstić information content (AvgIpc) is 2.78. The highest BCUT2D eigenvalue weighted by atomic mass is 35.5. The Bertz CT molecular complexity index is 751. The van der Waals surface area contributed by atoms with Gasteiger partial charge in [0.15, 0.2) is 5.65 Å². The summed E-state index contributed by atoms with van der Waals surface area (Å²) in [5.74, 6) is 1.03. The normalized spacial score (nSPS) is 11.2. The lowest BCUT2D eigenvalue weighted by Gasteiger charge is -2.06. The minimum atomic E-state index is 0.299. The highest BCUT2D eigenvalue weighted by molar-refractivity contribution is 6.31. The lowest BCUT2D eigenvalue weighted by Crippen LogP contribution is -2.06. The maximum absolute atomic E-state index is 5.95. The number of aromatic nitrogens is 5. The summed E-state index contributed by atoms with van der Waals surface area (Å²) >= 11 is 11.9. The molecule has 0 unspecified atom stereocenters. The van der Waals surface area contributed by atoms with E-state index in [-0.39, 0.29) is 0 Å². The fourth-order valence-electron chi connectivity index (χ4n) is 1.96. The molecule has 20 heavy (non-hydrogen) atoms. The third kappa shape index (κ3) is 2.46. The van der Waals surface area contributed by atoms with Gasteiger partial charge in [-0.05, 0) is 13.0 Å². The Morgan fingerprint density at radius 1 is 1.15 bits per heavy atom. The van der Waals surface area contributed by atoms with E-state index < -0.39 is 0 Å². The predicted octanol–water partition coefficient (Wildman–Crippen LogP) is 2.97. The fraction of sp³-hybridized carbons (Fsp3) is 0.231. The van der Waals surface area contributed by atoms with Gasteiger partial charge in [-0.1, -0.05) is 11.6 Å². The Labute approximate surface area is 125 Å². The van der Waals surface area contributed by atoms with Gasteiger partial charge in [-0.15, -0.1) is 11.6 Å². The topological polar surface area (TPSA) is 56.5 Å². The van der Waals surface area contributed by atoms with Crippen molar-refractivity contribution in [3.05, 3.63) is 46.9 Å². The molecular formula is C13H11Cl2N5. The van der Waals surface area contributed by atoms with Crippen LogP contribution < -0.4 is 0 Å². The molecule has 5 nitrogen and oxygen atoms in total. The van der Waals surface area contributed by atoms with Gasteiger partial charge in [0.25, 0.3) is 0 Å². The monoisotopic (exact) mass is 307 g/mol. The highest BCUT2D eigenvalue weighted by Crippen LogP contribution is 2.20. The third-order valence-corrected chi connectivity index (χ3v) is 3.35. The largest absolute Gasteiger partial charge is 0.306 e. The van der Waals surface area contributed by atoms with E-state index in [2.05, 4.69) is 19.9 Å². The van der Waals surface area contributed by atoms with Crippen molar-refractivity contribution in [2.75, 3.05) is 0 Å². The van der Waals surface area contributed by atoms with Crippen LogP contribution in [0, 0.1) is 6.92 Å². The predicted molar refractivity (Wildman–Crippen MR) is 78.0 cm³/mol. The summed E-state index contributed by atoms with van der Waals surface area (Å²) in [6, 6.07) is 1.78. The van der Waals surface area contributed by atoms with Crippen molar-refractivity contribution < 1.29 is 0 Å². The van der Waals surface area contributed by atoms with Crippen LogP contribution in [0.15, 0.2) is 24.7 Å². The molecule has 0 aliphatic carbocycles. The number of imidazole rings is 1. The Kier molecular flexibility index (Phi) is 3.54. The maximum atomic E-state index is 5.95. The molecule has 3 aromatic heterocycles. The molecule has 0 bridgehead atoms. The number of hydrogen-bond donors (Lipinski definition) is 0. The summed E-state index contributed by atoms with van der Waals surface area (Å²) in [5, 5.41) is 0.554. The van der Waals surface area contributed by atoms with Gasteiger partial charge in [0.2, 0.25) is 0 Å². The Morgan fingerprint density at radius 3 is 2.70 bits per heavy atom. The van der Waals surface area contributed by atoms with Crippen LogP contribution in [0.3, 0.4) is 0 Å². The molecule has 0 saturated heterocycles. The van der Waals surface area contributed by atoms with Gasteiger partial charge in [0, 0.05) is 12.4 Å². The lowest BCUT2D eigenvalue weighted by molar-refractivity contribution is 0.744. The molecule has 0 amide bonds. The van der Waals surface area contributed by atoms with E-state index in [1.807, 2.05) is 11.5 Å². The summed E-state index contributed by atoms with van der Waals surface area (Å²) in [6.45, 7) is 2.43. The van der Waals surface area contributed by atoms with Gasteiger partial charge in [-0.2, -0.15) is 0 Å². The highest BCUT2D eigenvalue weighted by Gasteiger charge is 2.12. The number of aryl methyl sites for hydroxylation is 1. The molecule has 3 aromatic rings. The van der Waals surface area contributed by atoms with Crippen molar-refractivity contribution in [3.8, 4) is 0 Å². The molecule has 3 rings (SSSR count). The second-order valence-corrected chi connectivity index (χ2v) is 5.10. The van der Waals surface area contributed by atoms with Gasteiger partial charge < -0.3 is 4.57 Å². The average molecular weight is 308 g/mol. The molecule has 7 heteroatoms. The first kappa shape index (κ1) is 13.3. The van der Waals surface area contributed by atoms with Crippen LogP contribution in [0.2, 0.25) is 5.02 Å². The van der Waals surface area contributed by atoms with Crippen LogP contribution >= 0.6 is 23.2 Å². The summed E-state index contributed by atoms with van der Waals surface area (Å²) in [5.41, 5.74) is 3.19. The minimum absolute atomic E-state index is 0.299. The van der Waals surface area contributed by atoms with E-state index in [1.165, 1.54) is 0 Å². The summed E-state index contributed by atoms with van der Waals surface area (Å²) in [6.07, 6.45) is 5.08. The van der Waals surface area contributed by atoms with Crippen molar-refractivity contribution >= 4 is 34.4 Å². The Morgan fingerprint density at radius 2 is 2.00 bits per heavy atom. The van der Waals surface area contributed by atoms with Crippen molar-refractivity contribution in [2.45, 2.75) is 19.3 Å². The SMILES string of the molecule is Cc1cnc(Cn2c(CCl)nc3cc(Cl)cnc32)cn1. The number of fused-ring (bicyclic) bond motifs is 1. The summed E-state index contributed by atoms with van der Waals surface area (Å²) in [4.78, 5) is 17.3. The van der Waals surface area contributed by atoms with Gasteiger partial charge in [0.05, 0.1) is 35.0 Å². The molecule has 0 spiro atoms. The first-order valence-corrected chi connectivity index (χ1v) is 6.93. The molecule has 0 atom stereocenters. The quantitative estimate of drug-likeness (QED) is 0.698. The zero-order valence-electron chi connectivity index (χ0n) is 10.7.